The number of carbonyl (C=O) groups is 1. The summed E-state index contributed by atoms with van der Waals surface area (Å²) in [5, 5.41) is 19.0. The predicted molar refractivity (Wildman–Crippen MR) is 76.5 cm³/mol. The molecule has 1 saturated heterocycles. The number of hydrogen-bond acceptors (Lipinski definition) is 3. The highest BCUT2D eigenvalue weighted by atomic mass is 16.3. The molecule has 0 aliphatic carbocycles. The third-order valence-corrected chi connectivity index (χ3v) is 3.96. The first-order valence-corrected chi connectivity index (χ1v) is 7.09. The number of rotatable bonds is 2. The lowest BCUT2D eigenvalue weighted by Crippen LogP contribution is -2.47. The van der Waals surface area contributed by atoms with Crippen LogP contribution in [0.1, 0.15) is 37.6 Å². The number of amides is 1. The lowest BCUT2D eigenvalue weighted by Gasteiger charge is -2.35. The number of β-amino-alcohol motifs (C(OH)–C–C–N with tert-alkyl or cyclic N) is 1. The minimum atomic E-state index is -0.637. The van der Waals surface area contributed by atoms with Gasteiger partial charge in [0.05, 0.1) is 11.7 Å². The molecular weight excluding hydrogens is 256 g/mol. The minimum Gasteiger partial charge on any atom is -0.396 e. The monoisotopic (exact) mass is 280 g/mol. The molecule has 0 spiro atoms. The fourth-order valence-electron chi connectivity index (χ4n) is 2.50. The summed E-state index contributed by atoms with van der Waals surface area (Å²) in [4.78, 5) is 14.1. The van der Waals surface area contributed by atoms with Crippen molar-refractivity contribution >= 4 is 5.91 Å². The first kappa shape index (κ1) is 15.1. The van der Waals surface area contributed by atoms with Gasteiger partial charge in [0.2, 0.25) is 0 Å². The molecule has 1 aliphatic rings. The Morgan fingerprint density at radius 3 is 2.65 bits per heavy atom. The van der Waals surface area contributed by atoms with Crippen LogP contribution in [0.4, 0.5) is 0 Å². The van der Waals surface area contributed by atoms with E-state index < -0.39 is 6.10 Å². The van der Waals surface area contributed by atoms with E-state index in [0.717, 1.165) is 0 Å². The van der Waals surface area contributed by atoms with Crippen molar-refractivity contribution in [2.75, 3.05) is 19.7 Å². The maximum absolute atomic E-state index is 12.4. The van der Waals surface area contributed by atoms with Gasteiger partial charge in [-0.1, -0.05) is 0 Å². The molecule has 0 bridgehead atoms. The number of nitrogens with zero attached hydrogens (tertiary/aromatic N) is 2. The summed E-state index contributed by atoms with van der Waals surface area (Å²) in [6.07, 6.45) is 3.77. The van der Waals surface area contributed by atoms with E-state index in [1.807, 2.05) is 23.0 Å². The largest absolute Gasteiger partial charge is 0.396 e. The average molecular weight is 280 g/mol. The van der Waals surface area contributed by atoms with Gasteiger partial charge in [0.15, 0.2) is 0 Å². The Morgan fingerprint density at radius 1 is 1.45 bits per heavy atom. The fourth-order valence-corrected chi connectivity index (χ4v) is 2.50. The molecule has 2 rings (SSSR count). The van der Waals surface area contributed by atoms with Crippen LogP contribution in [0.2, 0.25) is 0 Å². The number of aliphatic hydroxyl groups excluding tert-OH is 2. The van der Waals surface area contributed by atoms with Crippen molar-refractivity contribution in [3.05, 3.63) is 24.0 Å². The zero-order chi connectivity index (χ0) is 14.9. The summed E-state index contributed by atoms with van der Waals surface area (Å²) in [5.41, 5.74) is 0.594. The normalized spacial score (nSPS) is 23.9. The van der Waals surface area contributed by atoms with Crippen LogP contribution in [-0.4, -0.2) is 51.4 Å². The van der Waals surface area contributed by atoms with Gasteiger partial charge in [0.1, 0.15) is 0 Å². The molecule has 1 fully saturated rings. The smallest absolute Gasteiger partial charge is 0.255 e. The summed E-state index contributed by atoms with van der Waals surface area (Å²) in [7, 11) is 0. The molecular formula is C15H24N2O3. The Morgan fingerprint density at radius 2 is 2.15 bits per heavy atom. The van der Waals surface area contributed by atoms with Crippen LogP contribution in [0.3, 0.4) is 0 Å². The SMILES string of the molecule is CC(C)(C)n1ccc(C(=O)N2CC[C@H](CO)[C@H](O)C2)c1. The van der Waals surface area contributed by atoms with E-state index in [4.69, 9.17) is 5.11 Å². The summed E-state index contributed by atoms with van der Waals surface area (Å²) >= 11 is 0. The standard InChI is InChI=1S/C15H24N2O3/c1-15(2,3)17-7-5-11(8-17)14(20)16-6-4-12(10-18)13(19)9-16/h5,7-8,12-13,18-19H,4,6,9-10H2,1-3H3/t12-,13-/m1/s1. The van der Waals surface area contributed by atoms with Gasteiger partial charge in [-0.05, 0) is 33.3 Å². The van der Waals surface area contributed by atoms with Crippen molar-refractivity contribution in [1.82, 2.24) is 9.47 Å². The zero-order valence-corrected chi connectivity index (χ0v) is 12.4. The van der Waals surface area contributed by atoms with Crippen molar-refractivity contribution in [1.29, 1.82) is 0 Å². The molecule has 112 valence electrons. The van der Waals surface area contributed by atoms with Gasteiger partial charge in [0.25, 0.3) is 5.91 Å². The maximum Gasteiger partial charge on any atom is 0.255 e. The Kier molecular flexibility index (Phi) is 4.20. The Bertz CT molecular complexity index is 476. The molecule has 1 aromatic heterocycles. The lowest BCUT2D eigenvalue weighted by molar-refractivity contribution is 0.000870. The van der Waals surface area contributed by atoms with Crippen molar-refractivity contribution in [3.8, 4) is 0 Å². The van der Waals surface area contributed by atoms with Crippen molar-refractivity contribution in [3.63, 3.8) is 0 Å². The highest BCUT2D eigenvalue weighted by Crippen LogP contribution is 2.21. The lowest BCUT2D eigenvalue weighted by atomic mass is 9.94. The third kappa shape index (κ3) is 3.04. The van der Waals surface area contributed by atoms with Crippen molar-refractivity contribution in [2.45, 2.75) is 38.8 Å². The number of piperidine rings is 1. The molecule has 2 heterocycles. The summed E-state index contributed by atoms with van der Waals surface area (Å²) in [5.74, 6) is -0.165. The summed E-state index contributed by atoms with van der Waals surface area (Å²) < 4.78 is 2.01. The van der Waals surface area contributed by atoms with Gasteiger partial charge in [-0.2, -0.15) is 0 Å². The minimum absolute atomic E-state index is 0.0242. The molecule has 0 aromatic carbocycles. The van der Waals surface area contributed by atoms with Gasteiger partial charge in [-0.15, -0.1) is 0 Å². The van der Waals surface area contributed by atoms with Crippen LogP contribution in [0.5, 0.6) is 0 Å². The van der Waals surface area contributed by atoms with Crippen molar-refractivity contribution < 1.29 is 15.0 Å². The van der Waals surface area contributed by atoms with Crippen LogP contribution in [0, 0.1) is 5.92 Å². The van der Waals surface area contributed by atoms with Gasteiger partial charge in [-0.3, -0.25) is 4.79 Å². The molecule has 5 heteroatoms. The van der Waals surface area contributed by atoms with Gasteiger partial charge < -0.3 is 19.7 Å². The molecule has 2 atom stereocenters. The van der Waals surface area contributed by atoms with E-state index in [0.29, 0.717) is 25.1 Å². The Labute approximate surface area is 119 Å². The molecule has 0 unspecified atom stereocenters. The molecule has 2 N–H and O–H groups in total. The van der Waals surface area contributed by atoms with E-state index in [1.165, 1.54) is 0 Å². The molecule has 0 radical (unpaired) electrons. The van der Waals surface area contributed by atoms with E-state index in [2.05, 4.69) is 20.8 Å². The first-order chi connectivity index (χ1) is 9.32. The number of likely N-dealkylation sites (tertiary alicyclic amines) is 1. The van der Waals surface area contributed by atoms with Crippen LogP contribution in [0.15, 0.2) is 18.5 Å². The Balaban J connectivity index is 2.07. The van der Waals surface area contributed by atoms with Crippen molar-refractivity contribution in [2.24, 2.45) is 5.92 Å². The molecule has 20 heavy (non-hydrogen) atoms. The molecule has 1 aromatic rings. The molecule has 1 amide bonds. The summed E-state index contributed by atoms with van der Waals surface area (Å²) in [6, 6.07) is 1.82. The Hall–Kier alpha value is -1.33. The van der Waals surface area contributed by atoms with Gasteiger partial charge >= 0.3 is 0 Å². The highest BCUT2D eigenvalue weighted by Gasteiger charge is 2.30. The molecule has 1 aliphatic heterocycles. The number of aromatic nitrogens is 1. The second-order valence-corrected chi connectivity index (χ2v) is 6.53. The first-order valence-electron chi connectivity index (χ1n) is 7.09. The molecule has 0 saturated carbocycles. The predicted octanol–water partition coefficient (Wildman–Crippen LogP) is 1.06. The average Bonchev–Trinajstić information content (AvgIpc) is 2.87. The van der Waals surface area contributed by atoms with Gasteiger partial charge in [0, 0.05) is 43.5 Å². The van der Waals surface area contributed by atoms with Gasteiger partial charge in [-0.25, -0.2) is 0 Å². The van der Waals surface area contributed by atoms with Crippen LogP contribution < -0.4 is 0 Å². The third-order valence-electron chi connectivity index (χ3n) is 3.96. The van der Waals surface area contributed by atoms with E-state index in [9.17, 15) is 9.90 Å². The number of carbonyl (C=O) groups excluding carboxylic acids is 1. The second-order valence-electron chi connectivity index (χ2n) is 6.53. The number of aliphatic hydroxyl groups is 2. The van der Waals surface area contributed by atoms with Crippen LogP contribution in [-0.2, 0) is 5.54 Å². The second kappa shape index (κ2) is 5.58. The highest BCUT2D eigenvalue weighted by molar-refractivity contribution is 5.94. The topological polar surface area (TPSA) is 65.7 Å². The molecule has 5 nitrogen and oxygen atoms in total. The van der Waals surface area contributed by atoms with E-state index in [-0.39, 0.29) is 24.0 Å². The maximum atomic E-state index is 12.4. The van der Waals surface area contributed by atoms with Crippen LogP contribution in [0.25, 0.3) is 0 Å². The van der Waals surface area contributed by atoms with E-state index >= 15 is 0 Å². The fraction of sp³-hybridized carbons (Fsp3) is 0.667. The summed E-state index contributed by atoms with van der Waals surface area (Å²) in [6.45, 7) is 7.10. The quantitative estimate of drug-likeness (QED) is 0.851. The zero-order valence-electron chi connectivity index (χ0n) is 12.4. The number of hydrogen-bond donors (Lipinski definition) is 2. The van der Waals surface area contributed by atoms with E-state index in [1.54, 1.807) is 4.90 Å². The van der Waals surface area contributed by atoms with Crippen LogP contribution >= 0.6 is 0 Å².